The number of aryl methyl sites for hydroxylation is 2. The molecule has 0 bridgehead atoms. The molecule has 410 valence electrons. The molecular formula is C52H55FN10O15. The van der Waals surface area contributed by atoms with E-state index < -0.39 is 140 Å². The number of benzene rings is 2. The predicted molar refractivity (Wildman–Crippen MR) is 268 cm³/mol. The lowest BCUT2D eigenvalue weighted by molar-refractivity contribution is -0.172. The van der Waals surface area contributed by atoms with E-state index >= 15 is 4.39 Å². The summed E-state index contributed by atoms with van der Waals surface area (Å²) in [5.41, 5.74) is 1.81. The van der Waals surface area contributed by atoms with Gasteiger partial charge in [-0.25, -0.2) is 14.2 Å². The summed E-state index contributed by atoms with van der Waals surface area (Å²) in [4.78, 5) is 146. The maximum Gasteiger partial charge on any atom is 0.343 e. The first-order valence-electron chi connectivity index (χ1n) is 24.9. The maximum absolute atomic E-state index is 15.4. The number of ether oxygens (including phenoxy) is 2. The number of amides is 8. The molecule has 8 rings (SSSR count). The van der Waals surface area contributed by atoms with Crippen molar-refractivity contribution >= 4 is 70.1 Å². The molecule has 8 amide bonds. The third-order valence-corrected chi connectivity index (χ3v) is 13.9. The van der Waals surface area contributed by atoms with Crippen LogP contribution in [0.2, 0.25) is 0 Å². The molecule has 2 aromatic heterocycles. The molecule has 2 aromatic carbocycles. The van der Waals surface area contributed by atoms with Gasteiger partial charge in [0.05, 0.1) is 61.2 Å². The molecule has 5 heterocycles. The van der Waals surface area contributed by atoms with Crippen LogP contribution in [0.15, 0.2) is 59.4 Å². The molecule has 0 spiro atoms. The quantitative estimate of drug-likeness (QED) is 0.0150. The summed E-state index contributed by atoms with van der Waals surface area (Å²) in [6.45, 7) is -0.987. The number of aromatic nitrogens is 2. The number of fused-ring (bicyclic) bond motifs is 5. The molecule has 4 aliphatic rings. The van der Waals surface area contributed by atoms with Crippen molar-refractivity contribution in [2.75, 3.05) is 46.1 Å². The zero-order chi connectivity index (χ0) is 56.0. The zero-order valence-corrected chi connectivity index (χ0v) is 42.2. The molecule has 0 radical (unpaired) electrons. The Morgan fingerprint density at radius 3 is 2.27 bits per heavy atom. The van der Waals surface area contributed by atoms with E-state index in [-0.39, 0.29) is 37.1 Å². The lowest BCUT2D eigenvalue weighted by atomic mass is 9.81. The Balaban J connectivity index is 0.836. The van der Waals surface area contributed by atoms with Crippen molar-refractivity contribution < 1.29 is 72.0 Å². The molecule has 0 saturated carbocycles. The number of imide groups is 1. The van der Waals surface area contributed by atoms with Crippen molar-refractivity contribution in [1.82, 2.24) is 51.7 Å². The van der Waals surface area contributed by atoms with Gasteiger partial charge in [0.25, 0.3) is 17.4 Å². The summed E-state index contributed by atoms with van der Waals surface area (Å²) in [5, 5.41) is 38.3. The molecule has 1 aliphatic carbocycles. The summed E-state index contributed by atoms with van der Waals surface area (Å²) >= 11 is 0. The third kappa shape index (κ3) is 11.8. The van der Waals surface area contributed by atoms with Gasteiger partial charge < -0.3 is 61.5 Å². The summed E-state index contributed by atoms with van der Waals surface area (Å²) in [7, 11) is 0. The number of hydrogen-bond acceptors (Lipinski definition) is 16. The number of esters is 1. The highest BCUT2D eigenvalue weighted by Crippen LogP contribution is 2.46. The van der Waals surface area contributed by atoms with Gasteiger partial charge in [0, 0.05) is 41.3 Å². The number of nitrogens with one attached hydrogen (secondary N) is 7. The minimum Gasteiger partial charge on any atom is -0.480 e. The number of carboxylic acid groups (broad SMARTS) is 1. The fourth-order valence-electron chi connectivity index (χ4n) is 9.90. The molecule has 3 aliphatic heterocycles. The summed E-state index contributed by atoms with van der Waals surface area (Å²) in [6, 6.07) is 8.47. The number of aliphatic hydroxyl groups is 1. The topological polar surface area (TPSA) is 352 Å². The summed E-state index contributed by atoms with van der Waals surface area (Å²) < 4.78 is 27.5. The van der Waals surface area contributed by atoms with Crippen molar-refractivity contribution in [3.8, 4) is 11.4 Å². The lowest BCUT2D eigenvalue weighted by Gasteiger charge is -2.31. The van der Waals surface area contributed by atoms with Crippen LogP contribution in [0.1, 0.15) is 71.2 Å². The number of carbonyl (C=O) groups excluding carboxylic acids is 9. The summed E-state index contributed by atoms with van der Waals surface area (Å²) in [5.74, 6) is -8.95. The fraction of sp³-hybridized carbons (Fsp3) is 0.385. The maximum atomic E-state index is 15.4. The second kappa shape index (κ2) is 23.6. The molecular weight excluding hydrogens is 1020 g/mol. The number of rotatable bonds is 23. The molecule has 78 heavy (non-hydrogen) atoms. The van der Waals surface area contributed by atoms with Crippen LogP contribution in [0.25, 0.3) is 22.3 Å². The van der Waals surface area contributed by atoms with E-state index in [9.17, 15) is 57.8 Å². The largest absolute Gasteiger partial charge is 0.480 e. The second-order valence-corrected chi connectivity index (χ2v) is 18.8. The molecule has 25 nitrogen and oxygen atoms in total. The average Bonchev–Trinajstić information content (AvgIpc) is 4.11. The van der Waals surface area contributed by atoms with Crippen LogP contribution in [-0.4, -0.2) is 142 Å². The van der Waals surface area contributed by atoms with Gasteiger partial charge in [0.1, 0.15) is 37.8 Å². The molecule has 4 atom stereocenters. The number of nitrogens with zero attached hydrogens (tertiary/aromatic N) is 3. The van der Waals surface area contributed by atoms with Gasteiger partial charge >= 0.3 is 11.9 Å². The molecule has 0 unspecified atom stereocenters. The van der Waals surface area contributed by atoms with Crippen molar-refractivity contribution in [3.63, 3.8) is 0 Å². The van der Waals surface area contributed by atoms with Gasteiger partial charge in [-0.05, 0) is 67.3 Å². The van der Waals surface area contributed by atoms with Crippen molar-refractivity contribution in [3.05, 3.63) is 110 Å². The van der Waals surface area contributed by atoms with E-state index in [0.29, 0.717) is 68.7 Å². The highest BCUT2D eigenvalue weighted by molar-refractivity contribution is 6.15. The molecule has 26 heteroatoms. The Kier molecular flexibility index (Phi) is 16.8. The normalized spacial score (nSPS) is 17.5. The first kappa shape index (κ1) is 55.5. The predicted octanol–water partition coefficient (Wildman–Crippen LogP) is -1.85. The smallest absolute Gasteiger partial charge is 0.343 e. The molecule has 0 fully saturated rings. The average molecular weight is 1080 g/mol. The number of aliphatic carboxylic acids is 1. The van der Waals surface area contributed by atoms with Gasteiger partial charge in [-0.2, -0.15) is 0 Å². The van der Waals surface area contributed by atoms with E-state index in [2.05, 4.69) is 37.2 Å². The number of pyridine rings is 2. The minimum absolute atomic E-state index is 0.0336. The first-order chi connectivity index (χ1) is 37.3. The Morgan fingerprint density at radius 2 is 1.56 bits per heavy atom. The minimum atomic E-state index is -2.07. The number of hydrogen-bond donors (Lipinski definition) is 9. The van der Waals surface area contributed by atoms with Crippen LogP contribution in [0.3, 0.4) is 0 Å². The number of carbonyl (C=O) groups is 10. The van der Waals surface area contributed by atoms with E-state index in [0.717, 1.165) is 17.7 Å². The standard InChI is InChI=1S/C52H55FN10O15/c1-3-52(76)31-15-36-47-29(22-62(36)50(74)30(31)23-78-51(52)75)46-33(12-10-28-26(2)32(53)16-35(61-47)45(28)46)59-41(67)24-77-25-58-39(65)19-56-48(72)34(11-9-27-7-5-4-6-8-27)60-40(66)20-55-38(64)18-57-49(73)37(17-54-21-44(70)71)63-42(68)13-14-43(63)69/h4-8,13-16,33-34,37,54,76H,3,9-12,17-25H2,1-2H3,(H,55,64)(H,56,72)(H,57,73)(H,58,65)(H,59,67)(H,60,66)(H,70,71)/t33-,34-,37+,52-/m0/s1. The number of halogens is 1. The fourth-order valence-corrected chi connectivity index (χ4v) is 9.90. The van der Waals surface area contributed by atoms with Crippen molar-refractivity contribution in [2.45, 2.75) is 82.8 Å². The van der Waals surface area contributed by atoms with E-state index in [1.54, 1.807) is 38.1 Å². The third-order valence-electron chi connectivity index (χ3n) is 13.9. The first-order valence-corrected chi connectivity index (χ1v) is 24.9. The number of cyclic esters (lactones) is 1. The van der Waals surface area contributed by atoms with E-state index in [1.807, 2.05) is 12.1 Å². The number of carboxylic acids is 1. The van der Waals surface area contributed by atoms with E-state index in [1.165, 1.54) is 10.6 Å². The Labute approximate surface area is 442 Å². The van der Waals surface area contributed by atoms with Crippen molar-refractivity contribution in [1.29, 1.82) is 0 Å². The monoisotopic (exact) mass is 1080 g/mol. The molecule has 9 N–H and O–H groups in total. The van der Waals surface area contributed by atoms with Gasteiger partial charge in [0.2, 0.25) is 35.4 Å². The second-order valence-electron chi connectivity index (χ2n) is 18.8. The van der Waals surface area contributed by atoms with Crippen LogP contribution in [0, 0.1) is 12.7 Å². The van der Waals surface area contributed by atoms with Crippen LogP contribution >= 0.6 is 0 Å². The Hall–Kier alpha value is -8.75. The van der Waals surface area contributed by atoms with Gasteiger partial charge in [-0.3, -0.25) is 52.8 Å². The SMILES string of the molecule is CC[C@@]1(O)C(=O)OCc2c1cc1n(c2=O)Cc2c-1nc1cc(F)c(C)c3c1c2[C@@H](NC(=O)COCNC(=O)CNC(=O)[C@H](CCc1ccccc1)NC(=O)CNC(=O)CNC(=O)[C@@H](CNCC(=O)O)N1C(=O)C=CC1=O)CC3. The van der Waals surface area contributed by atoms with Crippen LogP contribution < -0.4 is 42.8 Å². The van der Waals surface area contributed by atoms with Gasteiger partial charge in [-0.1, -0.05) is 37.3 Å². The highest BCUT2D eigenvalue weighted by Gasteiger charge is 2.46. The van der Waals surface area contributed by atoms with Crippen LogP contribution in [0.5, 0.6) is 0 Å². The Morgan fingerprint density at radius 1 is 0.872 bits per heavy atom. The van der Waals surface area contributed by atoms with E-state index in [4.69, 9.17) is 19.6 Å². The van der Waals surface area contributed by atoms with Gasteiger partial charge in [-0.15, -0.1) is 0 Å². The van der Waals surface area contributed by atoms with Gasteiger partial charge in [0.15, 0.2) is 5.60 Å². The zero-order valence-electron chi connectivity index (χ0n) is 42.2. The summed E-state index contributed by atoms with van der Waals surface area (Å²) in [6.07, 6.45) is 2.91. The Bertz CT molecular complexity index is 3240. The van der Waals surface area contributed by atoms with Crippen molar-refractivity contribution in [2.24, 2.45) is 0 Å². The molecule has 0 saturated heterocycles. The van der Waals surface area contributed by atoms with Crippen LogP contribution in [-0.2, 0) is 89.0 Å². The lowest BCUT2D eigenvalue weighted by Crippen LogP contribution is -2.56. The molecule has 4 aromatic rings. The van der Waals surface area contributed by atoms with Crippen LogP contribution in [0.4, 0.5) is 4.39 Å². The highest BCUT2D eigenvalue weighted by atomic mass is 19.1.